The molecule has 3 saturated heterocycles. The minimum Gasteiger partial charge on any atom is -0.343 e. The van der Waals surface area contributed by atoms with Crippen molar-refractivity contribution in [1.29, 1.82) is 0 Å². The summed E-state index contributed by atoms with van der Waals surface area (Å²) in [5.41, 5.74) is 0. The van der Waals surface area contributed by atoms with Crippen molar-refractivity contribution in [1.82, 2.24) is 14.7 Å². The van der Waals surface area contributed by atoms with Gasteiger partial charge in [0.1, 0.15) is 0 Å². The molecule has 4 aliphatic rings. The van der Waals surface area contributed by atoms with Gasteiger partial charge in [-0.25, -0.2) is 0 Å². The van der Waals surface area contributed by atoms with Crippen LogP contribution in [-0.2, 0) is 9.59 Å². The molecule has 0 aromatic heterocycles. The number of carbonyl (C=O) groups excluding carboxylic acids is 2. The molecule has 0 N–H and O–H groups in total. The van der Waals surface area contributed by atoms with Crippen molar-refractivity contribution >= 4 is 11.8 Å². The normalized spacial score (nSPS) is 28.8. The van der Waals surface area contributed by atoms with Crippen LogP contribution in [0.2, 0.25) is 0 Å². The summed E-state index contributed by atoms with van der Waals surface area (Å²) in [7, 11) is 0. The summed E-state index contributed by atoms with van der Waals surface area (Å²) < 4.78 is 0. The van der Waals surface area contributed by atoms with E-state index in [2.05, 4.69) is 14.7 Å². The van der Waals surface area contributed by atoms with E-state index < -0.39 is 0 Å². The van der Waals surface area contributed by atoms with Gasteiger partial charge in [0, 0.05) is 45.2 Å². The number of rotatable bonds is 4. The summed E-state index contributed by atoms with van der Waals surface area (Å²) in [5, 5.41) is 0. The topological polar surface area (TPSA) is 43.9 Å². The maximum absolute atomic E-state index is 12.8. The van der Waals surface area contributed by atoms with Crippen molar-refractivity contribution < 1.29 is 9.59 Å². The highest BCUT2D eigenvalue weighted by atomic mass is 16.2. The Morgan fingerprint density at radius 1 is 0.704 bits per heavy atom. The molecule has 0 aromatic carbocycles. The predicted octanol–water partition coefficient (Wildman–Crippen LogP) is 2.89. The van der Waals surface area contributed by atoms with E-state index in [0.29, 0.717) is 23.8 Å². The molecular weight excluding hydrogens is 338 g/mol. The van der Waals surface area contributed by atoms with Gasteiger partial charge < -0.3 is 9.80 Å². The second-order valence-corrected chi connectivity index (χ2v) is 9.33. The molecule has 152 valence electrons. The molecule has 3 heterocycles. The number of likely N-dealkylation sites (tertiary alicyclic amines) is 3. The van der Waals surface area contributed by atoms with Crippen LogP contribution in [0.15, 0.2) is 0 Å². The lowest BCUT2D eigenvalue weighted by molar-refractivity contribution is -0.136. The van der Waals surface area contributed by atoms with Gasteiger partial charge in [0.25, 0.3) is 0 Å². The highest BCUT2D eigenvalue weighted by Crippen LogP contribution is 2.30. The summed E-state index contributed by atoms with van der Waals surface area (Å²) in [6.45, 7) is 5.84. The van der Waals surface area contributed by atoms with Gasteiger partial charge in [-0.15, -0.1) is 0 Å². The molecule has 1 aliphatic carbocycles. The molecule has 2 amide bonds. The van der Waals surface area contributed by atoms with E-state index in [4.69, 9.17) is 0 Å². The molecule has 0 spiro atoms. The van der Waals surface area contributed by atoms with Gasteiger partial charge in [0.05, 0.1) is 5.92 Å². The maximum Gasteiger partial charge on any atom is 0.226 e. The van der Waals surface area contributed by atoms with Crippen molar-refractivity contribution in [3.63, 3.8) is 0 Å². The number of carbonyl (C=O) groups is 2. The molecule has 4 rings (SSSR count). The maximum atomic E-state index is 12.8. The van der Waals surface area contributed by atoms with Crippen LogP contribution in [0.3, 0.4) is 0 Å². The van der Waals surface area contributed by atoms with Crippen LogP contribution in [0, 0.1) is 11.8 Å². The fourth-order valence-corrected chi connectivity index (χ4v) is 5.81. The van der Waals surface area contributed by atoms with Crippen LogP contribution in [-0.4, -0.2) is 71.8 Å². The van der Waals surface area contributed by atoms with Gasteiger partial charge in [-0.1, -0.05) is 12.8 Å². The van der Waals surface area contributed by atoms with Crippen LogP contribution < -0.4 is 0 Å². The first-order valence-electron chi connectivity index (χ1n) is 11.5. The Balaban J connectivity index is 1.23. The van der Waals surface area contributed by atoms with Gasteiger partial charge in [0.2, 0.25) is 11.8 Å². The monoisotopic (exact) mass is 375 g/mol. The fourth-order valence-electron chi connectivity index (χ4n) is 5.81. The highest BCUT2D eigenvalue weighted by molar-refractivity contribution is 5.79. The van der Waals surface area contributed by atoms with Crippen LogP contribution >= 0.6 is 0 Å². The molecule has 4 fully saturated rings. The van der Waals surface area contributed by atoms with Crippen molar-refractivity contribution in [3.05, 3.63) is 0 Å². The molecule has 1 atom stereocenters. The average molecular weight is 376 g/mol. The summed E-state index contributed by atoms with van der Waals surface area (Å²) in [5.74, 6) is 1.65. The van der Waals surface area contributed by atoms with Gasteiger partial charge in [-0.3, -0.25) is 14.5 Å². The highest BCUT2D eigenvalue weighted by Gasteiger charge is 2.35. The second kappa shape index (κ2) is 8.93. The second-order valence-electron chi connectivity index (χ2n) is 9.33. The lowest BCUT2D eigenvalue weighted by atomic mass is 9.92. The van der Waals surface area contributed by atoms with E-state index in [1.165, 1.54) is 38.5 Å². The predicted molar refractivity (Wildman–Crippen MR) is 106 cm³/mol. The van der Waals surface area contributed by atoms with Crippen molar-refractivity contribution in [2.75, 3.05) is 39.3 Å². The number of hydrogen-bond acceptors (Lipinski definition) is 3. The third kappa shape index (κ3) is 4.67. The van der Waals surface area contributed by atoms with E-state index in [1.54, 1.807) is 0 Å². The SMILES string of the molecule is O=C(CC1CCCC1)N1CCC(N2CCC[C@@H](C(=O)N3CCCC3)C2)CC1. The Morgan fingerprint density at radius 2 is 1.41 bits per heavy atom. The Morgan fingerprint density at radius 3 is 2.11 bits per heavy atom. The van der Waals surface area contributed by atoms with Gasteiger partial charge in [-0.05, 0) is 63.8 Å². The van der Waals surface area contributed by atoms with Gasteiger partial charge in [0.15, 0.2) is 0 Å². The van der Waals surface area contributed by atoms with Gasteiger partial charge in [-0.2, -0.15) is 0 Å². The van der Waals surface area contributed by atoms with E-state index in [9.17, 15) is 9.59 Å². The van der Waals surface area contributed by atoms with Crippen LogP contribution in [0.5, 0.6) is 0 Å². The van der Waals surface area contributed by atoms with Crippen LogP contribution in [0.4, 0.5) is 0 Å². The average Bonchev–Trinajstić information content (AvgIpc) is 3.42. The Bertz CT molecular complexity index is 518. The van der Waals surface area contributed by atoms with E-state index >= 15 is 0 Å². The standard InChI is InChI=1S/C22H37N3O2/c26-21(16-18-6-1-2-7-18)23-14-9-20(10-15-23)25-13-5-8-19(17-25)22(27)24-11-3-4-12-24/h18-20H,1-17H2/t19-/m1/s1. The number of hydrogen-bond donors (Lipinski definition) is 0. The third-order valence-electron chi connectivity index (χ3n) is 7.49. The number of nitrogens with zero attached hydrogens (tertiary/aromatic N) is 3. The summed E-state index contributed by atoms with van der Waals surface area (Å²) in [4.78, 5) is 32.2. The molecule has 5 nitrogen and oxygen atoms in total. The Labute approximate surface area is 164 Å². The molecule has 0 aromatic rings. The molecule has 5 heteroatoms. The first-order valence-corrected chi connectivity index (χ1v) is 11.5. The van der Waals surface area contributed by atoms with Crippen LogP contribution in [0.25, 0.3) is 0 Å². The summed E-state index contributed by atoms with van der Waals surface area (Å²) >= 11 is 0. The lowest BCUT2D eigenvalue weighted by Crippen LogP contribution is -2.51. The molecule has 0 radical (unpaired) electrons. The first kappa shape index (κ1) is 19.2. The minimum atomic E-state index is 0.207. The third-order valence-corrected chi connectivity index (χ3v) is 7.49. The Hall–Kier alpha value is -1.10. The Kier molecular flexibility index (Phi) is 6.36. The largest absolute Gasteiger partial charge is 0.343 e. The molecule has 1 saturated carbocycles. The zero-order valence-corrected chi connectivity index (χ0v) is 16.9. The minimum absolute atomic E-state index is 0.207. The van der Waals surface area contributed by atoms with Crippen molar-refractivity contribution in [2.24, 2.45) is 11.8 Å². The van der Waals surface area contributed by atoms with Crippen molar-refractivity contribution in [2.45, 2.75) is 76.7 Å². The first-order chi connectivity index (χ1) is 13.2. The van der Waals surface area contributed by atoms with Gasteiger partial charge >= 0.3 is 0 Å². The summed E-state index contributed by atoms with van der Waals surface area (Å²) in [6.07, 6.45) is 12.6. The lowest BCUT2D eigenvalue weighted by Gasteiger charge is -2.42. The number of amides is 2. The van der Waals surface area contributed by atoms with Crippen LogP contribution in [0.1, 0.15) is 70.6 Å². The van der Waals surface area contributed by atoms with E-state index in [0.717, 1.165) is 71.4 Å². The van der Waals surface area contributed by atoms with E-state index in [1.807, 2.05) is 0 Å². The zero-order valence-electron chi connectivity index (χ0n) is 16.9. The summed E-state index contributed by atoms with van der Waals surface area (Å²) in [6, 6.07) is 0.565. The quantitative estimate of drug-likeness (QED) is 0.759. The van der Waals surface area contributed by atoms with E-state index in [-0.39, 0.29) is 5.92 Å². The molecule has 0 unspecified atom stereocenters. The molecule has 0 bridgehead atoms. The number of piperidine rings is 2. The molecule has 3 aliphatic heterocycles. The van der Waals surface area contributed by atoms with Crippen molar-refractivity contribution in [3.8, 4) is 0 Å². The molecule has 27 heavy (non-hydrogen) atoms. The molecular formula is C22H37N3O2. The fraction of sp³-hybridized carbons (Fsp3) is 0.909. The smallest absolute Gasteiger partial charge is 0.226 e. The zero-order chi connectivity index (χ0) is 18.6.